The molecule has 0 saturated carbocycles. The van der Waals surface area contributed by atoms with Gasteiger partial charge in [0.25, 0.3) is 5.91 Å². The van der Waals surface area contributed by atoms with Crippen LogP contribution in [-0.4, -0.2) is 46.6 Å². The minimum Gasteiger partial charge on any atom is -0.380 e. The molecule has 1 fully saturated rings. The molecule has 0 aromatic heterocycles. The van der Waals surface area contributed by atoms with E-state index in [0.29, 0.717) is 25.9 Å². The molecule has 5 heteroatoms. The van der Waals surface area contributed by atoms with Gasteiger partial charge in [-0.3, -0.25) is 9.59 Å². The van der Waals surface area contributed by atoms with Gasteiger partial charge in [0.2, 0.25) is 5.91 Å². The number of amides is 2. The molecule has 0 aliphatic carbocycles. The van der Waals surface area contributed by atoms with Gasteiger partial charge in [0.05, 0.1) is 0 Å². The predicted molar refractivity (Wildman–Crippen MR) is 93.4 cm³/mol. The van der Waals surface area contributed by atoms with E-state index in [9.17, 15) is 14.7 Å². The Balaban J connectivity index is 1.78. The predicted octanol–water partition coefficient (Wildman–Crippen LogP) is 1.89. The van der Waals surface area contributed by atoms with E-state index in [1.54, 1.807) is 6.92 Å². The SMILES string of the molecule is CCCC(C)(O)C(=O)NC1CCN(C(=O)CCc2ccccc2)C1. The molecule has 2 N–H and O–H groups in total. The van der Waals surface area contributed by atoms with Crippen molar-refractivity contribution in [1.82, 2.24) is 10.2 Å². The molecule has 2 rings (SSSR count). The quantitative estimate of drug-likeness (QED) is 0.801. The van der Waals surface area contributed by atoms with Crippen LogP contribution in [0.4, 0.5) is 0 Å². The first-order valence-corrected chi connectivity index (χ1v) is 8.77. The van der Waals surface area contributed by atoms with Crippen molar-refractivity contribution in [1.29, 1.82) is 0 Å². The average molecular weight is 332 g/mol. The smallest absolute Gasteiger partial charge is 0.251 e. The number of nitrogens with one attached hydrogen (secondary N) is 1. The summed E-state index contributed by atoms with van der Waals surface area (Å²) in [6.45, 7) is 4.67. The molecule has 2 amide bonds. The summed E-state index contributed by atoms with van der Waals surface area (Å²) in [6.07, 6.45) is 3.14. The van der Waals surface area contributed by atoms with Crippen LogP contribution in [0.25, 0.3) is 0 Å². The Morgan fingerprint density at radius 1 is 1.33 bits per heavy atom. The standard InChI is InChI=1S/C19H28N2O3/c1-3-12-19(2,24)18(23)20-16-11-13-21(14-16)17(22)10-9-15-7-5-4-6-8-15/h4-8,16,24H,3,9-14H2,1-2H3,(H,20,23). The lowest BCUT2D eigenvalue weighted by Gasteiger charge is -2.24. The normalized spacial score (nSPS) is 19.8. The van der Waals surface area contributed by atoms with E-state index in [0.717, 1.165) is 24.8 Å². The first kappa shape index (κ1) is 18.5. The fourth-order valence-corrected chi connectivity index (χ4v) is 3.10. The fourth-order valence-electron chi connectivity index (χ4n) is 3.10. The number of benzene rings is 1. The van der Waals surface area contributed by atoms with Crippen molar-refractivity contribution in [3.05, 3.63) is 35.9 Å². The van der Waals surface area contributed by atoms with Crippen LogP contribution in [0.3, 0.4) is 0 Å². The van der Waals surface area contributed by atoms with Crippen molar-refractivity contribution >= 4 is 11.8 Å². The zero-order valence-corrected chi connectivity index (χ0v) is 14.6. The van der Waals surface area contributed by atoms with Crippen LogP contribution < -0.4 is 5.32 Å². The number of hydrogen-bond acceptors (Lipinski definition) is 3. The Labute approximate surface area is 144 Å². The minimum absolute atomic E-state index is 0.0680. The molecule has 24 heavy (non-hydrogen) atoms. The van der Waals surface area contributed by atoms with E-state index in [2.05, 4.69) is 5.32 Å². The van der Waals surface area contributed by atoms with Crippen LogP contribution in [0.15, 0.2) is 30.3 Å². The van der Waals surface area contributed by atoms with Gasteiger partial charge < -0.3 is 15.3 Å². The number of aryl methyl sites for hydroxylation is 1. The molecular formula is C19H28N2O3. The van der Waals surface area contributed by atoms with Crippen molar-refractivity contribution in [3.63, 3.8) is 0 Å². The van der Waals surface area contributed by atoms with Crippen LogP contribution in [0.1, 0.15) is 45.1 Å². The maximum Gasteiger partial charge on any atom is 0.251 e. The second-order valence-corrected chi connectivity index (χ2v) is 6.81. The number of likely N-dealkylation sites (tertiary alicyclic amines) is 1. The topological polar surface area (TPSA) is 69.6 Å². The van der Waals surface area contributed by atoms with Crippen LogP contribution in [0, 0.1) is 0 Å². The van der Waals surface area contributed by atoms with Crippen LogP contribution in [0.5, 0.6) is 0 Å². The van der Waals surface area contributed by atoms with Gasteiger partial charge in [-0.2, -0.15) is 0 Å². The monoisotopic (exact) mass is 332 g/mol. The molecule has 1 aromatic rings. The number of hydrogen-bond donors (Lipinski definition) is 2. The molecule has 132 valence electrons. The van der Waals surface area contributed by atoms with E-state index >= 15 is 0 Å². The van der Waals surface area contributed by atoms with Crippen molar-refractivity contribution in [2.45, 2.75) is 57.6 Å². The number of carbonyl (C=O) groups is 2. The van der Waals surface area contributed by atoms with Gasteiger partial charge in [0.15, 0.2) is 0 Å². The molecule has 0 radical (unpaired) electrons. The summed E-state index contributed by atoms with van der Waals surface area (Å²) in [5.41, 5.74) is -0.176. The summed E-state index contributed by atoms with van der Waals surface area (Å²) in [4.78, 5) is 26.3. The third-order valence-corrected chi connectivity index (χ3v) is 4.57. The van der Waals surface area contributed by atoms with E-state index in [1.807, 2.05) is 42.2 Å². The lowest BCUT2D eigenvalue weighted by atomic mass is 9.99. The Kier molecular flexibility index (Phi) is 6.37. The number of nitrogens with zero attached hydrogens (tertiary/aromatic N) is 1. The zero-order valence-electron chi connectivity index (χ0n) is 14.6. The Bertz CT molecular complexity index is 557. The van der Waals surface area contributed by atoms with Gasteiger partial charge in [-0.15, -0.1) is 0 Å². The average Bonchev–Trinajstić information content (AvgIpc) is 3.02. The summed E-state index contributed by atoms with van der Waals surface area (Å²) in [5.74, 6) is -0.219. The van der Waals surface area contributed by atoms with Crippen molar-refractivity contribution < 1.29 is 14.7 Å². The fraction of sp³-hybridized carbons (Fsp3) is 0.579. The van der Waals surface area contributed by atoms with Crippen LogP contribution in [-0.2, 0) is 16.0 Å². The second kappa shape index (κ2) is 8.29. The molecule has 2 unspecified atom stereocenters. The van der Waals surface area contributed by atoms with Gasteiger partial charge in [-0.25, -0.2) is 0 Å². The van der Waals surface area contributed by atoms with E-state index in [4.69, 9.17) is 0 Å². The maximum atomic E-state index is 12.3. The highest BCUT2D eigenvalue weighted by Crippen LogP contribution is 2.16. The van der Waals surface area contributed by atoms with Gasteiger partial charge in [0, 0.05) is 25.6 Å². The second-order valence-electron chi connectivity index (χ2n) is 6.81. The minimum atomic E-state index is -1.33. The lowest BCUT2D eigenvalue weighted by molar-refractivity contribution is -0.139. The van der Waals surface area contributed by atoms with Crippen LogP contribution in [0.2, 0.25) is 0 Å². The number of carbonyl (C=O) groups excluding carboxylic acids is 2. The molecule has 0 bridgehead atoms. The summed E-state index contributed by atoms with van der Waals surface area (Å²) in [5, 5.41) is 13.0. The molecule has 1 saturated heterocycles. The maximum absolute atomic E-state index is 12.3. The van der Waals surface area contributed by atoms with E-state index in [-0.39, 0.29) is 17.9 Å². The van der Waals surface area contributed by atoms with Crippen molar-refractivity contribution in [2.24, 2.45) is 0 Å². The molecule has 2 atom stereocenters. The third kappa shape index (κ3) is 5.06. The first-order chi connectivity index (χ1) is 11.4. The highest BCUT2D eigenvalue weighted by atomic mass is 16.3. The third-order valence-electron chi connectivity index (χ3n) is 4.57. The highest BCUT2D eigenvalue weighted by molar-refractivity contribution is 5.85. The van der Waals surface area contributed by atoms with Crippen LogP contribution >= 0.6 is 0 Å². The van der Waals surface area contributed by atoms with Gasteiger partial charge in [0.1, 0.15) is 5.60 Å². The molecule has 1 heterocycles. The highest BCUT2D eigenvalue weighted by Gasteiger charge is 2.33. The molecule has 5 nitrogen and oxygen atoms in total. The Morgan fingerprint density at radius 3 is 2.71 bits per heavy atom. The molecule has 0 spiro atoms. The molecule has 1 aromatic carbocycles. The first-order valence-electron chi connectivity index (χ1n) is 8.77. The van der Waals surface area contributed by atoms with E-state index in [1.165, 1.54) is 0 Å². The van der Waals surface area contributed by atoms with Crippen molar-refractivity contribution in [3.8, 4) is 0 Å². The van der Waals surface area contributed by atoms with Gasteiger partial charge in [-0.05, 0) is 31.7 Å². The summed E-state index contributed by atoms with van der Waals surface area (Å²) >= 11 is 0. The zero-order chi connectivity index (χ0) is 17.6. The van der Waals surface area contributed by atoms with E-state index < -0.39 is 5.60 Å². The summed E-state index contributed by atoms with van der Waals surface area (Å²) in [6, 6.07) is 9.90. The summed E-state index contributed by atoms with van der Waals surface area (Å²) in [7, 11) is 0. The Hall–Kier alpha value is -1.88. The van der Waals surface area contributed by atoms with Gasteiger partial charge >= 0.3 is 0 Å². The molecule has 1 aliphatic heterocycles. The summed E-state index contributed by atoms with van der Waals surface area (Å²) < 4.78 is 0. The Morgan fingerprint density at radius 2 is 2.04 bits per heavy atom. The van der Waals surface area contributed by atoms with Gasteiger partial charge in [-0.1, -0.05) is 43.7 Å². The largest absolute Gasteiger partial charge is 0.380 e. The number of rotatable bonds is 7. The van der Waals surface area contributed by atoms with Crippen molar-refractivity contribution in [2.75, 3.05) is 13.1 Å². The number of aliphatic hydroxyl groups is 1. The molecule has 1 aliphatic rings. The lowest BCUT2D eigenvalue weighted by Crippen LogP contribution is -2.49. The molecular weight excluding hydrogens is 304 g/mol.